The highest BCUT2D eigenvalue weighted by Crippen LogP contribution is 2.43. The van der Waals surface area contributed by atoms with Crippen LogP contribution in [0.25, 0.3) is 5.70 Å². The Morgan fingerprint density at radius 2 is 2.04 bits per heavy atom. The Morgan fingerprint density at radius 3 is 2.78 bits per heavy atom. The highest BCUT2D eigenvalue weighted by atomic mass is 16.2. The van der Waals surface area contributed by atoms with Crippen molar-refractivity contribution in [2.75, 3.05) is 4.90 Å². The second-order valence-electron chi connectivity index (χ2n) is 5.84. The summed E-state index contributed by atoms with van der Waals surface area (Å²) in [6.45, 7) is 5.93. The molecule has 114 valence electrons. The van der Waals surface area contributed by atoms with Crippen molar-refractivity contribution in [3.8, 4) is 0 Å². The minimum absolute atomic E-state index is 0.0434. The van der Waals surface area contributed by atoms with E-state index < -0.39 is 0 Å². The van der Waals surface area contributed by atoms with Crippen LogP contribution in [0.5, 0.6) is 0 Å². The van der Waals surface area contributed by atoms with Gasteiger partial charge in [0, 0.05) is 16.7 Å². The Labute approximate surface area is 136 Å². The lowest BCUT2D eigenvalue weighted by Crippen LogP contribution is -2.33. The Bertz CT molecular complexity index is 852. The number of rotatable bonds is 2. The number of anilines is 1. The van der Waals surface area contributed by atoms with E-state index in [-0.39, 0.29) is 5.91 Å². The molecule has 0 spiro atoms. The van der Waals surface area contributed by atoms with Gasteiger partial charge < -0.3 is 0 Å². The molecule has 0 radical (unpaired) electrons. The van der Waals surface area contributed by atoms with E-state index in [1.807, 2.05) is 24.3 Å². The molecule has 3 nitrogen and oxygen atoms in total. The Morgan fingerprint density at radius 1 is 1.26 bits per heavy atom. The van der Waals surface area contributed by atoms with Crippen LogP contribution in [0.1, 0.15) is 30.9 Å². The number of carbonyl (C=O) groups excluding carboxylic acids is 1. The third-order valence-corrected chi connectivity index (χ3v) is 4.55. The van der Waals surface area contributed by atoms with Gasteiger partial charge in [0.05, 0.1) is 11.4 Å². The number of amides is 1. The van der Waals surface area contributed by atoms with Crippen molar-refractivity contribution in [1.29, 1.82) is 0 Å². The summed E-state index contributed by atoms with van der Waals surface area (Å²) in [5, 5.41) is 0. The van der Waals surface area contributed by atoms with Crippen molar-refractivity contribution in [1.82, 2.24) is 0 Å². The average molecular weight is 302 g/mol. The largest absolute Gasteiger partial charge is 0.268 e. The number of fused-ring (bicyclic) bond motifs is 5. The first-order valence-electron chi connectivity index (χ1n) is 8.05. The molecule has 0 atom stereocenters. The fourth-order valence-corrected chi connectivity index (χ4v) is 3.53. The predicted octanol–water partition coefficient (Wildman–Crippen LogP) is 4.18. The van der Waals surface area contributed by atoms with E-state index in [0.717, 1.165) is 53.2 Å². The van der Waals surface area contributed by atoms with Gasteiger partial charge in [-0.15, -0.1) is 0 Å². The molecule has 0 N–H and O–H groups in total. The number of allylic oxidation sites excluding steroid dienone is 4. The maximum atomic E-state index is 12.9. The van der Waals surface area contributed by atoms with Crippen LogP contribution in [-0.2, 0) is 11.2 Å². The van der Waals surface area contributed by atoms with Crippen molar-refractivity contribution in [2.24, 2.45) is 4.99 Å². The first-order chi connectivity index (χ1) is 11.3. The van der Waals surface area contributed by atoms with Crippen molar-refractivity contribution < 1.29 is 4.79 Å². The lowest BCUT2D eigenvalue weighted by atomic mass is 9.97. The lowest BCUT2D eigenvalue weighted by molar-refractivity contribution is -0.113. The summed E-state index contributed by atoms with van der Waals surface area (Å²) in [5.41, 5.74) is 5.84. The molecule has 1 aromatic carbocycles. The number of benzene rings is 1. The lowest BCUT2D eigenvalue weighted by Gasteiger charge is -2.27. The van der Waals surface area contributed by atoms with Gasteiger partial charge >= 0.3 is 0 Å². The van der Waals surface area contributed by atoms with Crippen LogP contribution in [0.2, 0.25) is 0 Å². The summed E-state index contributed by atoms with van der Waals surface area (Å²) in [4.78, 5) is 19.5. The van der Waals surface area contributed by atoms with Gasteiger partial charge in [-0.25, -0.2) is 4.99 Å². The SMILES string of the molecule is C=C/C=C1/N=C2C3=CCCC=C3C(=O)N2c2cccc(CC)c21. The molecule has 3 heteroatoms. The van der Waals surface area contributed by atoms with Crippen LogP contribution in [0.4, 0.5) is 5.69 Å². The number of carbonyl (C=O) groups is 1. The topological polar surface area (TPSA) is 32.7 Å². The van der Waals surface area contributed by atoms with E-state index in [2.05, 4.69) is 25.6 Å². The Balaban J connectivity index is 2.02. The molecule has 1 aliphatic carbocycles. The molecular formula is C20H18N2O. The van der Waals surface area contributed by atoms with Crippen molar-refractivity contribution in [3.05, 3.63) is 71.4 Å². The third kappa shape index (κ3) is 1.89. The maximum absolute atomic E-state index is 12.9. The van der Waals surface area contributed by atoms with E-state index in [1.165, 1.54) is 5.56 Å². The monoisotopic (exact) mass is 302 g/mol. The highest BCUT2D eigenvalue weighted by Gasteiger charge is 2.42. The van der Waals surface area contributed by atoms with Crippen LogP contribution >= 0.6 is 0 Å². The van der Waals surface area contributed by atoms with E-state index in [0.29, 0.717) is 0 Å². The van der Waals surface area contributed by atoms with Gasteiger partial charge in [0.2, 0.25) is 0 Å². The van der Waals surface area contributed by atoms with Gasteiger partial charge in [-0.05, 0) is 37.0 Å². The summed E-state index contributed by atoms with van der Waals surface area (Å²) in [7, 11) is 0. The number of aliphatic imine (C=N–C) groups is 1. The fourth-order valence-electron chi connectivity index (χ4n) is 3.53. The van der Waals surface area contributed by atoms with Crippen LogP contribution in [0.15, 0.2) is 65.2 Å². The Hall–Kier alpha value is -2.68. The van der Waals surface area contributed by atoms with E-state index in [1.54, 1.807) is 11.0 Å². The molecule has 0 unspecified atom stereocenters. The molecule has 23 heavy (non-hydrogen) atoms. The first kappa shape index (κ1) is 13.9. The van der Waals surface area contributed by atoms with Gasteiger partial charge in [-0.2, -0.15) is 0 Å². The maximum Gasteiger partial charge on any atom is 0.264 e. The fraction of sp³-hybridized carbons (Fsp3) is 0.200. The van der Waals surface area contributed by atoms with Crippen LogP contribution < -0.4 is 4.90 Å². The zero-order valence-corrected chi connectivity index (χ0v) is 13.2. The second kappa shape index (κ2) is 5.20. The zero-order valence-electron chi connectivity index (χ0n) is 13.2. The van der Waals surface area contributed by atoms with Gasteiger partial charge in [-0.1, -0.05) is 43.9 Å². The molecule has 1 saturated heterocycles. The van der Waals surface area contributed by atoms with E-state index in [9.17, 15) is 4.79 Å². The van der Waals surface area contributed by atoms with Crippen LogP contribution in [0, 0.1) is 0 Å². The van der Waals surface area contributed by atoms with Crippen molar-refractivity contribution in [2.45, 2.75) is 26.2 Å². The summed E-state index contributed by atoms with van der Waals surface area (Å²) < 4.78 is 0. The van der Waals surface area contributed by atoms with Crippen molar-refractivity contribution >= 4 is 23.1 Å². The van der Waals surface area contributed by atoms with Gasteiger partial charge in [0.15, 0.2) is 0 Å². The number of hydrogen-bond donors (Lipinski definition) is 0. The summed E-state index contributed by atoms with van der Waals surface area (Å²) >= 11 is 0. The molecule has 4 rings (SSSR count). The van der Waals surface area contributed by atoms with E-state index >= 15 is 0 Å². The smallest absolute Gasteiger partial charge is 0.264 e. The molecule has 0 bridgehead atoms. The minimum Gasteiger partial charge on any atom is -0.268 e. The number of hydrogen-bond acceptors (Lipinski definition) is 2. The third-order valence-electron chi connectivity index (χ3n) is 4.55. The highest BCUT2D eigenvalue weighted by molar-refractivity contribution is 6.40. The summed E-state index contributed by atoms with van der Waals surface area (Å²) in [6.07, 6.45) is 10.6. The number of amidine groups is 1. The molecular weight excluding hydrogens is 284 g/mol. The Kier molecular flexibility index (Phi) is 3.15. The van der Waals surface area contributed by atoms with Crippen molar-refractivity contribution in [3.63, 3.8) is 0 Å². The van der Waals surface area contributed by atoms with E-state index in [4.69, 9.17) is 4.99 Å². The van der Waals surface area contributed by atoms with Gasteiger partial charge in [0.1, 0.15) is 5.84 Å². The summed E-state index contributed by atoms with van der Waals surface area (Å²) in [6, 6.07) is 6.13. The van der Waals surface area contributed by atoms with Crippen LogP contribution in [0.3, 0.4) is 0 Å². The molecule has 2 aliphatic heterocycles. The minimum atomic E-state index is 0.0434. The molecule has 0 aromatic heterocycles. The predicted molar refractivity (Wildman–Crippen MR) is 94.3 cm³/mol. The normalized spacial score (nSPS) is 20.4. The molecule has 1 amide bonds. The molecule has 3 aliphatic rings. The van der Waals surface area contributed by atoms with Gasteiger partial charge in [-0.3, -0.25) is 9.69 Å². The average Bonchev–Trinajstić information content (AvgIpc) is 2.88. The number of aryl methyl sites for hydroxylation is 1. The molecule has 1 aromatic rings. The second-order valence-corrected chi connectivity index (χ2v) is 5.84. The zero-order chi connectivity index (χ0) is 16.0. The quantitative estimate of drug-likeness (QED) is 0.806. The van der Waals surface area contributed by atoms with Gasteiger partial charge in [0.25, 0.3) is 5.91 Å². The first-order valence-corrected chi connectivity index (χ1v) is 8.05. The van der Waals surface area contributed by atoms with Crippen LogP contribution in [-0.4, -0.2) is 11.7 Å². The summed E-state index contributed by atoms with van der Waals surface area (Å²) in [5.74, 6) is 0.802. The molecule has 2 heterocycles. The molecule has 0 saturated carbocycles. The number of nitrogens with zero attached hydrogens (tertiary/aromatic N) is 2. The molecule has 1 fully saturated rings. The standard InChI is InChI=1S/C20H18N2O/c1-3-8-16-18-13(4-2)9-7-12-17(18)22-19(21-16)14-10-5-6-11-15(14)20(22)23/h3,7-12H,1,4-6H2,2H3/b16-8+.